The first-order valence-corrected chi connectivity index (χ1v) is 6.87. The van der Waals surface area contributed by atoms with Gasteiger partial charge in [0.2, 0.25) is 0 Å². The molecule has 20 heavy (non-hydrogen) atoms. The van der Waals surface area contributed by atoms with E-state index in [1.807, 2.05) is 13.8 Å². The Morgan fingerprint density at radius 1 is 1.25 bits per heavy atom. The smallest absolute Gasteiger partial charge is 0.359 e. The molecule has 0 aliphatic rings. The average Bonchev–Trinajstić information content (AvgIpc) is 2.79. The van der Waals surface area contributed by atoms with Crippen molar-refractivity contribution in [1.82, 2.24) is 9.97 Å². The predicted molar refractivity (Wildman–Crippen MR) is 73.0 cm³/mol. The summed E-state index contributed by atoms with van der Waals surface area (Å²) < 4.78 is 38.2. The summed E-state index contributed by atoms with van der Waals surface area (Å²) in [5.74, 6) is 0.0602. The van der Waals surface area contributed by atoms with Crippen molar-refractivity contribution in [3.05, 3.63) is 39.4 Å². The largest absolute Gasteiger partial charge is 0.416 e. The normalized spacial score (nSPS) is 12.5. The maximum Gasteiger partial charge on any atom is 0.416 e. The fraction of sp³-hybridized carbons (Fsp3) is 0.333. The van der Waals surface area contributed by atoms with Crippen molar-refractivity contribution in [3.63, 3.8) is 0 Å². The van der Waals surface area contributed by atoms with Gasteiger partial charge in [0.05, 0.1) is 11.1 Å². The van der Waals surface area contributed by atoms with Crippen LogP contribution >= 0.6 is 22.9 Å². The molecule has 0 aromatic carbocycles. The third kappa shape index (κ3) is 3.40. The van der Waals surface area contributed by atoms with Gasteiger partial charge in [0.15, 0.2) is 0 Å². The van der Waals surface area contributed by atoms with Gasteiger partial charge in [0, 0.05) is 11.6 Å². The van der Waals surface area contributed by atoms with E-state index >= 15 is 0 Å². The quantitative estimate of drug-likeness (QED) is 0.842. The van der Waals surface area contributed by atoms with Gasteiger partial charge in [0.25, 0.3) is 0 Å². The lowest BCUT2D eigenvalue weighted by Crippen LogP contribution is -2.28. The zero-order valence-electron chi connectivity index (χ0n) is 10.6. The maximum atomic E-state index is 12.7. The molecular formula is C12H11ClF3N3S. The third-order valence-electron chi connectivity index (χ3n) is 2.53. The molecule has 8 heteroatoms. The minimum atomic E-state index is -4.46. The van der Waals surface area contributed by atoms with Crippen LogP contribution in [0.2, 0.25) is 5.15 Å². The van der Waals surface area contributed by atoms with E-state index in [0.29, 0.717) is 0 Å². The molecule has 0 fully saturated rings. The highest BCUT2D eigenvalue weighted by atomic mass is 35.5. The highest BCUT2D eigenvalue weighted by Gasteiger charge is 2.32. The molecule has 0 saturated carbocycles. The summed E-state index contributed by atoms with van der Waals surface area (Å²) in [4.78, 5) is 8.02. The van der Waals surface area contributed by atoms with Crippen molar-refractivity contribution in [2.75, 3.05) is 5.32 Å². The van der Waals surface area contributed by atoms with Gasteiger partial charge in [-0.2, -0.15) is 13.2 Å². The average molecular weight is 322 g/mol. The number of alkyl halides is 3. The Kier molecular flexibility index (Phi) is 3.93. The summed E-state index contributed by atoms with van der Waals surface area (Å²) >= 11 is 7.05. The molecule has 0 aliphatic heterocycles. The predicted octanol–water partition coefficient (Wildman–Crippen LogP) is 4.56. The standard InChI is InChI=1S/C12H11ClF3N3S/c1-11(2,10-17-3-4-20-10)19-9-6-7(12(14,15)16)5-8(13)18-9/h3-6H,1-2H3,(H,18,19). The summed E-state index contributed by atoms with van der Waals surface area (Å²) in [7, 11) is 0. The Morgan fingerprint density at radius 3 is 2.50 bits per heavy atom. The van der Waals surface area contributed by atoms with Gasteiger partial charge in [-0.3, -0.25) is 0 Å². The lowest BCUT2D eigenvalue weighted by Gasteiger charge is -2.25. The number of nitrogens with zero attached hydrogens (tertiary/aromatic N) is 2. The van der Waals surface area contributed by atoms with Crippen LogP contribution in [0.15, 0.2) is 23.7 Å². The summed E-state index contributed by atoms with van der Waals surface area (Å²) in [6.07, 6.45) is -2.83. The van der Waals surface area contributed by atoms with Gasteiger partial charge in [-0.15, -0.1) is 11.3 Å². The second kappa shape index (κ2) is 5.21. The van der Waals surface area contributed by atoms with E-state index in [0.717, 1.165) is 17.1 Å². The first kappa shape index (κ1) is 15.1. The van der Waals surface area contributed by atoms with Crippen molar-refractivity contribution in [2.45, 2.75) is 25.6 Å². The molecule has 3 nitrogen and oxygen atoms in total. The lowest BCUT2D eigenvalue weighted by atomic mass is 10.1. The zero-order chi connectivity index (χ0) is 15.0. The molecule has 108 valence electrons. The van der Waals surface area contributed by atoms with E-state index < -0.39 is 17.3 Å². The second-order valence-electron chi connectivity index (χ2n) is 4.65. The topological polar surface area (TPSA) is 37.8 Å². The SMILES string of the molecule is CC(C)(Nc1cc(C(F)(F)F)cc(Cl)n1)c1nccs1. The fourth-order valence-electron chi connectivity index (χ4n) is 1.63. The van der Waals surface area contributed by atoms with E-state index in [2.05, 4.69) is 15.3 Å². The summed E-state index contributed by atoms with van der Waals surface area (Å²) in [6, 6.07) is 1.73. The molecule has 1 N–H and O–H groups in total. The Hall–Kier alpha value is -1.34. The van der Waals surface area contributed by atoms with E-state index in [9.17, 15) is 13.2 Å². The number of hydrogen-bond acceptors (Lipinski definition) is 4. The summed E-state index contributed by atoms with van der Waals surface area (Å²) in [5.41, 5.74) is -1.48. The fourth-order valence-corrected chi connectivity index (χ4v) is 2.56. The molecular weight excluding hydrogens is 311 g/mol. The number of nitrogens with one attached hydrogen (secondary N) is 1. The van der Waals surface area contributed by atoms with Gasteiger partial charge in [0.1, 0.15) is 16.0 Å². The summed E-state index contributed by atoms with van der Waals surface area (Å²) in [6.45, 7) is 3.61. The lowest BCUT2D eigenvalue weighted by molar-refractivity contribution is -0.137. The molecule has 0 bridgehead atoms. The van der Waals surface area contributed by atoms with Crippen molar-refractivity contribution in [2.24, 2.45) is 0 Å². The van der Waals surface area contributed by atoms with Crippen LogP contribution in [0.4, 0.5) is 19.0 Å². The van der Waals surface area contributed by atoms with E-state index in [1.165, 1.54) is 11.3 Å². The number of thiazole rings is 1. The minimum Gasteiger partial charge on any atom is -0.359 e. The number of aromatic nitrogens is 2. The molecule has 0 amide bonds. The molecule has 2 rings (SSSR count). The van der Waals surface area contributed by atoms with Crippen molar-refractivity contribution in [1.29, 1.82) is 0 Å². The molecule has 0 atom stereocenters. The van der Waals surface area contributed by atoms with Crippen LogP contribution in [0.3, 0.4) is 0 Å². The number of anilines is 1. The molecule has 2 aromatic rings. The maximum absolute atomic E-state index is 12.7. The van der Waals surface area contributed by atoms with Crippen LogP contribution in [0.1, 0.15) is 24.4 Å². The highest BCUT2D eigenvalue weighted by Crippen LogP contribution is 2.33. The first-order chi connectivity index (χ1) is 9.18. The molecule has 0 unspecified atom stereocenters. The van der Waals surface area contributed by atoms with Crippen LogP contribution in [-0.2, 0) is 11.7 Å². The van der Waals surface area contributed by atoms with E-state index in [-0.39, 0.29) is 11.0 Å². The van der Waals surface area contributed by atoms with Gasteiger partial charge in [-0.1, -0.05) is 11.6 Å². The van der Waals surface area contributed by atoms with Crippen LogP contribution in [-0.4, -0.2) is 9.97 Å². The van der Waals surface area contributed by atoms with Gasteiger partial charge in [-0.25, -0.2) is 9.97 Å². The molecule has 2 heterocycles. The van der Waals surface area contributed by atoms with E-state index in [4.69, 9.17) is 11.6 Å². The van der Waals surface area contributed by atoms with Crippen LogP contribution in [0, 0.1) is 0 Å². The number of halogens is 4. The Balaban J connectivity index is 2.32. The van der Waals surface area contributed by atoms with Gasteiger partial charge >= 0.3 is 6.18 Å². The summed E-state index contributed by atoms with van der Waals surface area (Å²) in [5, 5.41) is 5.26. The molecule has 0 radical (unpaired) electrons. The molecule has 0 aliphatic carbocycles. The molecule has 0 spiro atoms. The Morgan fingerprint density at radius 2 is 1.95 bits per heavy atom. The van der Waals surface area contributed by atoms with Crippen LogP contribution < -0.4 is 5.32 Å². The second-order valence-corrected chi connectivity index (χ2v) is 5.93. The number of pyridine rings is 1. The highest BCUT2D eigenvalue weighted by molar-refractivity contribution is 7.09. The Bertz CT molecular complexity index is 596. The van der Waals surface area contributed by atoms with Crippen molar-refractivity contribution >= 4 is 28.8 Å². The van der Waals surface area contributed by atoms with E-state index in [1.54, 1.807) is 11.6 Å². The third-order valence-corrected chi connectivity index (χ3v) is 3.82. The van der Waals surface area contributed by atoms with Gasteiger partial charge < -0.3 is 5.32 Å². The number of hydrogen-bond donors (Lipinski definition) is 1. The zero-order valence-corrected chi connectivity index (χ0v) is 12.2. The monoisotopic (exact) mass is 321 g/mol. The minimum absolute atomic E-state index is 0.0602. The number of rotatable bonds is 3. The van der Waals surface area contributed by atoms with Gasteiger partial charge in [-0.05, 0) is 26.0 Å². The van der Waals surface area contributed by atoms with Crippen molar-refractivity contribution in [3.8, 4) is 0 Å². The van der Waals surface area contributed by atoms with Crippen LogP contribution in [0.5, 0.6) is 0 Å². The molecule has 2 aromatic heterocycles. The Labute approximate surface area is 122 Å². The first-order valence-electron chi connectivity index (χ1n) is 5.61. The van der Waals surface area contributed by atoms with Crippen LogP contribution in [0.25, 0.3) is 0 Å². The molecule has 0 saturated heterocycles. The van der Waals surface area contributed by atoms with Crippen molar-refractivity contribution < 1.29 is 13.2 Å².